The second kappa shape index (κ2) is 13.9. The van der Waals surface area contributed by atoms with E-state index in [1.54, 1.807) is 0 Å². The molecule has 3 heteroatoms. The van der Waals surface area contributed by atoms with Gasteiger partial charge in [0, 0.05) is 10.5 Å². The summed E-state index contributed by atoms with van der Waals surface area (Å²) in [5, 5.41) is 1.72. The maximum atomic E-state index is 3.90. The maximum absolute atomic E-state index is 3.90. The van der Waals surface area contributed by atoms with Crippen molar-refractivity contribution >= 4 is 23.5 Å². The monoisotopic (exact) mass is 500 g/mol. The molecule has 0 aliphatic heterocycles. The molecule has 0 amide bonds. The summed E-state index contributed by atoms with van der Waals surface area (Å²) < 4.78 is 0. The second-order valence-corrected chi connectivity index (χ2v) is 10.8. The summed E-state index contributed by atoms with van der Waals surface area (Å²) >= 11 is 4.09. The number of hydrogen-bond donors (Lipinski definition) is 0. The van der Waals surface area contributed by atoms with Crippen LogP contribution in [-0.4, -0.2) is 10.5 Å². The van der Waals surface area contributed by atoms with Crippen LogP contribution in [0, 0.1) is 13.8 Å². The second-order valence-electron chi connectivity index (χ2n) is 8.04. The zero-order chi connectivity index (χ0) is 19.6. The van der Waals surface area contributed by atoms with E-state index in [1.165, 1.54) is 74.0 Å². The maximum Gasteiger partial charge on any atom is 2.00 e. The molecule has 2 saturated carbocycles. The van der Waals surface area contributed by atoms with Gasteiger partial charge in [-0.2, -0.15) is 49.2 Å². The molecule has 2 aromatic carbocycles. The summed E-state index contributed by atoms with van der Waals surface area (Å²) in [6, 6.07) is 17.2. The molecule has 29 heavy (non-hydrogen) atoms. The molecular weight excluding hydrogens is 468 g/mol. The Balaban J connectivity index is 0.000000200. The van der Waals surface area contributed by atoms with Crippen LogP contribution in [0.2, 0.25) is 0 Å². The van der Waals surface area contributed by atoms with Gasteiger partial charge in [0.15, 0.2) is 0 Å². The van der Waals surface area contributed by atoms with Crippen molar-refractivity contribution in [3.8, 4) is 0 Å². The van der Waals surface area contributed by atoms with Gasteiger partial charge in [0.2, 0.25) is 0 Å². The van der Waals surface area contributed by atoms with Crippen LogP contribution in [0.15, 0.2) is 58.3 Å². The molecule has 0 radical (unpaired) electrons. The molecule has 2 aliphatic carbocycles. The van der Waals surface area contributed by atoms with E-state index in [4.69, 9.17) is 0 Å². The van der Waals surface area contributed by atoms with Crippen LogP contribution in [-0.2, 0) is 26.2 Å². The average molecular weight is 502 g/mol. The number of benzene rings is 2. The normalized spacial score (nSPS) is 17.7. The molecule has 0 saturated heterocycles. The van der Waals surface area contributed by atoms with Gasteiger partial charge >= 0.3 is 26.2 Å². The minimum atomic E-state index is 0. The summed E-state index contributed by atoms with van der Waals surface area (Å²) in [7, 11) is 0. The van der Waals surface area contributed by atoms with Crippen molar-refractivity contribution in [2.45, 2.75) is 84.5 Å². The zero-order valence-electron chi connectivity index (χ0n) is 17.6. The van der Waals surface area contributed by atoms with E-state index in [-0.39, 0.29) is 26.2 Å². The van der Waals surface area contributed by atoms with E-state index >= 15 is 0 Å². The van der Waals surface area contributed by atoms with E-state index in [0.29, 0.717) is 0 Å². The summed E-state index contributed by atoms with van der Waals surface area (Å²) in [5.41, 5.74) is 2.22. The van der Waals surface area contributed by atoms with Crippen molar-refractivity contribution in [1.82, 2.24) is 0 Å². The van der Waals surface area contributed by atoms with E-state index in [2.05, 4.69) is 62.4 Å². The third-order valence-electron chi connectivity index (χ3n) is 5.56. The van der Waals surface area contributed by atoms with Crippen molar-refractivity contribution in [3.05, 3.63) is 73.5 Å². The van der Waals surface area contributed by atoms with Crippen molar-refractivity contribution in [2.75, 3.05) is 0 Å². The molecule has 0 unspecified atom stereocenters. The SMILES string of the molecule is [CH2-]c1ccc(SC2CCCCC2)cc1.[CH2-]c1ccc(SC2CCCCC2)cc1.[Zr+2]. The van der Waals surface area contributed by atoms with Crippen molar-refractivity contribution in [3.63, 3.8) is 0 Å². The molecule has 0 aromatic heterocycles. The molecular formula is C26H34S2Zr. The molecule has 154 valence electrons. The largest absolute Gasteiger partial charge is 2.00 e. The Bertz CT molecular complexity index is 607. The molecule has 0 bridgehead atoms. The van der Waals surface area contributed by atoms with Crippen LogP contribution >= 0.6 is 23.5 Å². The minimum Gasteiger partial charge on any atom is -0.199 e. The quantitative estimate of drug-likeness (QED) is 0.385. The van der Waals surface area contributed by atoms with Gasteiger partial charge in [0.05, 0.1) is 0 Å². The van der Waals surface area contributed by atoms with E-state index in [1.807, 2.05) is 23.5 Å². The molecule has 4 rings (SSSR count). The van der Waals surface area contributed by atoms with Crippen LogP contribution in [0.1, 0.15) is 75.3 Å². The molecule has 0 spiro atoms. The van der Waals surface area contributed by atoms with E-state index in [9.17, 15) is 0 Å². The van der Waals surface area contributed by atoms with Gasteiger partial charge in [-0.05, 0) is 35.5 Å². The Hall–Kier alpha value is -0.237. The van der Waals surface area contributed by atoms with E-state index < -0.39 is 0 Å². The fourth-order valence-corrected chi connectivity index (χ4v) is 6.38. The Labute approximate surface area is 206 Å². The van der Waals surface area contributed by atoms with Crippen LogP contribution in [0.5, 0.6) is 0 Å². The molecule has 0 N–H and O–H groups in total. The van der Waals surface area contributed by atoms with Crippen molar-refractivity contribution in [2.24, 2.45) is 0 Å². The zero-order valence-corrected chi connectivity index (χ0v) is 21.7. The topological polar surface area (TPSA) is 0 Å². The summed E-state index contributed by atoms with van der Waals surface area (Å²) in [5.74, 6) is 0. The van der Waals surface area contributed by atoms with Gasteiger partial charge in [-0.25, -0.2) is 0 Å². The molecule has 2 fully saturated rings. The van der Waals surface area contributed by atoms with Crippen LogP contribution in [0.4, 0.5) is 0 Å². The molecule has 0 atom stereocenters. The Morgan fingerprint density at radius 1 is 0.517 bits per heavy atom. The summed E-state index contributed by atoms with van der Waals surface area (Å²) in [4.78, 5) is 2.81. The first-order valence-corrected chi connectivity index (χ1v) is 12.6. The molecule has 2 aromatic rings. The Morgan fingerprint density at radius 2 is 0.828 bits per heavy atom. The average Bonchev–Trinajstić information content (AvgIpc) is 2.74. The van der Waals surface area contributed by atoms with Crippen molar-refractivity contribution < 1.29 is 26.2 Å². The van der Waals surface area contributed by atoms with Crippen LogP contribution < -0.4 is 0 Å². The standard InChI is InChI=1S/2C13H17S.Zr/c2*1-11-7-9-13(10-8-11)14-12-5-3-2-4-6-12;/h2*7-10,12H,1-6H2;/q2*-1;+2. The summed E-state index contributed by atoms with van der Waals surface area (Å²) in [6.07, 6.45) is 14.2. The fraction of sp³-hybridized carbons (Fsp3) is 0.462. The van der Waals surface area contributed by atoms with Crippen LogP contribution in [0.25, 0.3) is 0 Å². The number of rotatable bonds is 4. The van der Waals surface area contributed by atoms with Gasteiger partial charge in [0.1, 0.15) is 0 Å². The van der Waals surface area contributed by atoms with Gasteiger partial charge in [0.25, 0.3) is 0 Å². The third-order valence-corrected chi connectivity index (χ3v) is 8.25. The van der Waals surface area contributed by atoms with Crippen LogP contribution in [0.3, 0.4) is 0 Å². The van der Waals surface area contributed by atoms with E-state index in [0.717, 1.165) is 21.6 Å². The van der Waals surface area contributed by atoms with Crippen molar-refractivity contribution in [1.29, 1.82) is 0 Å². The van der Waals surface area contributed by atoms with Gasteiger partial charge in [-0.3, -0.25) is 0 Å². The van der Waals surface area contributed by atoms with Gasteiger partial charge in [-0.1, -0.05) is 38.5 Å². The summed E-state index contributed by atoms with van der Waals surface area (Å²) in [6.45, 7) is 7.80. The minimum absolute atomic E-state index is 0. The Morgan fingerprint density at radius 3 is 1.14 bits per heavy atom. The molecule has 2 aliphatic rings. The van der Waals surface area contributed by atoms with Gasteiger partial charge < -0.3 is 0 Å². The molecule has 0 nitrogen and oxygen atoms in total. The third kappa shape index (κ3) is 9.62. The smallest absolute Gasteiger partial charge is 0.199 e. The Kier molecular flexibility index (Phi) is 12.0. The fourth-order valence-electron chi connectivity index (χ4n) is 3.89. The number of hydrogen-bond acceptors (Lipinski definition) is 2. The first-order valence-electron chi connectivity index (χ1n) is 10.9. The first-order chi connectivity index (χ1) is 13.7. The first kappa shape index (κ1) is 25.0. The predicted molar refractivity (Wildman–Crippen MR) is 127 cm³/mol. The van der Waals surface area contributed by atoms with Gasteiger partial charge in [-0.15, -0.1) is 47.8 Å². The predicted octanol–water partition coefficient (Wildman–Crippen LogP) is 8.58. The molecule has 0 heterocycles. The number of thioether (sulfide) groups is 2.